The van der Waals surface area contributed by atoms with Crippen LogP contribution in [-0.4, -0.2) is 39.2 Å². The maximum Gasteiger partial charge on any atom is 0.169 e. The second-order valence-corrected chi connectivity index (χ2v) is 8.15. The first kappa shape index (κ1) is 17.5. The van der Waals surface area contributed by atoms with E-state index < -0.39 is 0 Å². The summed E-state index contributed by atoms with van der Waals surface area (Å²) in [5, 5.41) is 12.3. The van der Waals surface area contributed by atoms with Crippen molar-refractivity contribution in [3.05, 3.63) is 35.5 Å². The molecule has 0 bridgehead atoms. The molecule has 1 atom stereocenters. The van der Waals surface area contributed by atoms with Crippen LogP contribution in [0.15, 0.2) is 29.9 Å². The van der Waals surface area contributed by atoms with Crippen LogP contribution in [0.3, 0.4) is 0 Å². The highest BCUT2D eigenvalue weighted by Gasteiger charge is 2.25. The fourth-order valence-electron chi connectivity index (χ4n) is 3.40. The van der Waals surface area contributed by atoms with Crippen molar-refractivity contribution in [2.45, 2.75) is 45.8 Å². The Hall–Kier alpha value is -1.30. The Morgan fingerprint density at radius 1 is 1.25 bits per heavy atom. The molecule has 0 radical (unpaired) electrons. The van der Waals surface area contributed by atoms with Gasteiger partial charge in [0.15, 0.2) is 5.82 Å². The molecule has 0 amide bonds. The van der Waals surface area contributed by atoms with Crippen LogP contribution in [0, 0.1) is 11.8 Å². The second kappa shape index (κ2) is 8.19. The molecular formula is C19H27N3OS. The van der Waals surface area contributed by atoms with E-state index in [1.54, 1.807) is 11.3 Å². The third-order valence-electron chi connectivity index (χ3n) is 4.74. The molecule has 0 saturated carbocycles. The molecule has 1 fully saturated rings. The molecule has 5 heteroatoms. The summed E-state index contributed by atoms with van der Waals surface area (Å²) in [7, 11) is 0. The Morgan fingerprint density at radius 2 is 1.96 bits per heavy atom. The van der Waals surface area contributed by atoms with E-state index in [2.05, 4.69) is 28.7 Å². The van der Waals surface area contributed by atoms with Gasteiger partial charge in [-0.25, -0.2) is 9.97 Å². The minimum Gasteiger partial charge on any atom is -0.393 e. The molecule has 0 aromatic carbocycles. The molecule has 3 heterocycles. The normalized spacial score (nSPS) is 18.2. The van der Waals surface area contributed by atoms with Gasteiger partial charge in [-0.2, -0.15) is 0 Å². The smallest absolute Gasteiger partial charge is 0.169 e. The van der Waals surface area contributed by atoms with Crippen LogP contribution in [0.2, 0.25) is 0 Å². The maximum absolute atomic E-state index is 10.3. The molecule has 0 aliphatic carbocycles. The number of thiophene rings is 1. The van der Waals surface area contributed by atoms with Gasteiger partial charge in [0.25, 0.3) is 0 Å². The van der Waals surface area contributed by atoms with E-state index in [-0.39, 0.29) is 6.10 Å². The molecule has 1 N–H and O–H groups in total. The number of aliphatic hydroxyl groups excluding tert-OH is 1. The zero-order valence-electron chi connectivity index (χ0n) is 14.6. The molecule has 130 valence electrons. The standard InChI is InChI=1S/C19H27N3OS/c1-14(2)10-17(23)16-5-7-22(8-6-16)13-15-11-20-19(21-12-15)18-4-3-9-24-18/h3-4,9,11-12,14,16-17,23H,5-8,10,13H2,1-2H3/t17-/m0/s1. The quantitative estimate of drug-likeness (QED) is 0.864. The van der Waals surface area contributed by atoms with Crippen molar-refractivity contribution >= 4 is 11.3 Å². The van der Waals surface area contributed by atoms with Crippen molar-refractivity contribution in [1.29, 1.82) is 0 Å². The first-order chi connectivity index (χ1) is 11.6. The highest BCUT2D eigenvalue weighted by molar-refractivity contribution is 7.13. The van der Waals surface area contributed by atoms with Crippen LogP contribution in [0.5, 0.6) is 0 Å². The number of aliphatic hydroxyl groups is 1. The van der Waals surface area contributed by atoms with E-state index in [4.69, 9.17) is 0 Å². The predicted molar refractivity (Wildman–Crippen MR) is 98.8 cm³/mol. The summed E-state index contributed by atoms with van der Waals surface area (Å²) in [5.74, 6) is 1.84. The lowest BCUT2D eigenvalue weighted by Crippen LogP contribution is -2.37. The zero-order chi connectivity index (χ0) is 16.9. The monoisotopic (exact) mass is 345 g/mol. The largest absolute Gasteiger partial charge is 0.393 e. The van der Waals surface area contributed by atoms with Gasteiger partial charge in [-0.15, -0.1) is 11.3 Å². The van der Waals surface area contributed by atoms with E-state index in [1.165, 1.54) is 0 Å². The fourth-order valence-corrected chi connectivity index (χ4v) is 4.07. The Kier molecular flexibility index (Phi) is 5.98. The van der Waals surface area contributed by atoms with E-state index in [9.17, 15) is 5.11 Å². The summed E-state index contributed by atoms with van der Waals surface area (Å²) in [6.07, 6.45) is 6.84. The van der Waals surface area contributed by atoms with Gasteiger partial charge in [-0.05, 0) is 55.6 Å². The van der Waals surface area contributed by atoms with Crippen LogP contribution in [-0.2, 0) is 6.54 Å². The van der Waals surface area contributed by atoms with Crippen LogP contribution >= 0.6 is 11.3 Å². The summed E-state index contributed by atoms with van der Waals surface area (Å²) in [6.45, 7) is 7.35. The van der Waals surface area contributed by atoms with E-state index >= 15 is 0 Å². The summed E-state index contributed by atoms with van der Waals surface area (Å²) >= 11 is 1.67. The topological polar surface area (TPSA) is 49.2 Å². The average molecular weight is 346 g/mol. The molecule has 0 spiro atoms. The lowest BCUT2D eigenvalue weighted by molar-refractivity contribution is 0.0436. The van der Waals surface area contributed by atoms with Crippen molar-refractivity contribution in [1.82, 2.24) is 14.9 Å². The first-order valence-corrected chi connectivity index (χ1v) is 9.75. The van der Waals surface area contributed by atoms with Crippen molar-refractivity contribution in [3.8, 4) is 10.7 Å². The highest BCUT2D eigenvalue weighted by atomic mass is 32.1. The molecule has 3 rings (SSSR count). The lowest BCUT2D eigenvalue weighted by Gasteiger charge is -2.34. The number of piperidine rings is 1. The third-order valence-corrected chi connectivity index (χ3v) is 5.61. The maximum atomic E-state index is 10.3. The minimum absolute atomic E-state index is 0.138. The first-order valence-electron chi connectivity index (χ1n) is 8.87. The molecule has 1 aliphatic heterocycles. The molecular weight excluding hydrogens is 318 g/mol. The van der Waals surface area contributed by atoms with Gasteiger partial charge < -0.3 is 5.11 Å². The predicted octanol–water partition coefficient (Wildman–Crippen LogP) is 3.82. The van der Waals surface area contributed by atoms with Gasteiger partial charge in [0, 0.05) is 24.5 Å². The average Bonchev–Trinajstić information content (AvgIpc) is 3.10. The van der Waals surface area contributed by atoms with Crippen LogP contribution in [0.25, 0.3) is 10.7 Å². The number of aromatic nitrogens is 2. The minimum atomic E-state index is -0.138. The summed E-state index contributed by atoms with van der Waals surface area (Å²) < 4.78 is 0. The molecule has 2 aromatic heterocycles. The summed E-state index contributed by atoms with van der Waals surface area (Å²) in [6, 6.07) is 4.07. The van der Waals surface area contributed by atoms with Crippen LogP contribution in [0.4, 0.5) is 0 Å². The number of hydrogen-bond donors (Lipinski definition) is 1. The van der Waals surface area contributed by atoms with Gasteiger partial charge in [-0.1, -0.05) is 19.9 Å². The fraction of sp³-hybridized carbons (Fsp3) is 0.579. The molecule has 24 heavy (non-hydrogen) atoms. The van der Waals surface area contributed by atoms with Crippen molar-refractivity contribution in [3.63, 3.8) is 0 Å². The van der Waals surface area contributed by atoms with Gasteiger partial charge in [-0.3, -0.25) is 4.90 Å². The number of rotatable bonds is 6. The van der Waals surface area contributed by atoms with Gasteiger partial charge >= 0.3 is 0 Å². The van der Waals surface area contributed by atoms with Gasteiger partial charge in [0.1, 0.15) is 0 Å². The SMILES string of the molecule is CC(C)C[C@H](O)C1CCN(Cc2cnc(-c3cccs3)nc2)CC1. The Bertz CT molecular complexity index is 604. The van der Waals surface area contributed by atoms with Crippen molar-refractivity contribution < 1.29 is 5.11 Å². The van der Waals surface area contributed by atoms with Gasteiger partial charge in [0.2, 0.25) is 0 Å². The molecule has 4 nitrogen and oxygen atoms in total. The Morgan fingerprint density at radius 3 is 2.54 bits per heavy atom. The molecule has 1 aliphatic rings. The molecule has 2 aromatic rings. The number of hydrogen-bond acceptors (Lipinski definition) is 5. The van der Waals surface area contributed by atoms with E-state index in [0.29, 0.717) is 11.8 Å². The highest BCUT2D eigenvalue weighted by Crippen LogP contribution is 2.25. The summed E-state index contributed by atoms with van der Waals surface area (Å²) in [4.78, 5) is 12.5. The zero-order valence-corrected chi connectivity index (χ0v) is 15.4. The van der Waals surface area contributed by atoms with Crippen molar-refractivity contribution in [2.24, 2.45) is 11.8 Å². The van der Waals surface area contributed by atoms with Crippen molar-refractivity contribution in [2.75, 3.05) is 13.1 Å². The Balaban J connectivity index is 1.49. The van der Waals surface area contributed by atoms with Gasteiger partial charge in [0.05, 0.1) is 11.0 Å². The summed E-state index contributed by atoms with van der Waals surface area (Å²) in [5.41, 5.74) is 1.16. The second-order valence-electron chi connectivity index (χ2n) is 7.20. The van der Waals surface area contributed by atoms with E-state index in [0.717, 1.165) is 55.2 Å². The van der Waals surface area contributed by atoms with E-state index in [1.807, 2.05) is 29.9 Å². The van der Waals surface area contributed by atoms with Crippen LogP contribution < -0.4 is 0 Å². The number of likely N-dealkylation sites (tertiary alicyclic amines) is 1. The third kappa shape index (κ3) is 4.62. The lowest BCUT2D eigenvalue weighted by atomic mass is 9.87. The van der Waals surface area contributed by atoms with Crippen LogP contribution in [0.1, 0.15) is 38.7 Å². The molecule has 0 unspecified atom stereocenters. The number of nitrogens with zero attached hydrogens (tertiary/aromatic N) is 3. The molecule has 1 saturated heterocycles. The Labute approximate surface area is 148 Å².